The molecule has 0 fully saturated rings. The molecule has 0 unspecified atom stereocenters. The second-order valence-electron chi connectivity index (χ2n) is 4.29. The number of hydrazine groups is 1. The molecule has 0 aliphatic heterocycles. The van der Waals surface area contributed by atoms with Crippen LogP contribution >= 0.6 is 11.3 Å². The summed E-state index contributed by atoms with van der Waals surface area (Å²) in [5.74, 6) is 4.94. The van der Waals surface area contributed by atoms with E-state index in [0.717, 1.165) is 25.2 Å². The fourth-order valence-electron chi connectivity index (χ4n) is 1.47. The lowest BCUT2D eigenvalue weighted by Crippen LogP contribution is -2.31. The van der Waals surface area contributed by atoms with Crippen LogP contribution in [0, 0.1) is 0 Å². The molecule has 3 N–H and O–H groups in total. The van der Waals surface area contributed by atoms with E-state index in [-0.39, 0.29) is 5.91 Å². The Morgan fingerprint density at radius 3 is 2.71 bits per heavy atom. The summed E-state index contributed by atoms with van der Waals surface area (Å²) in [6.45, 7) is 2.73. The van der Waals surface area contributed by atoms with E-state index in [1.807, 2.05) is 32.6 Å². The minimum absolute atomic E-state index is 0.212. The molecule has 0 saturated heterocycles. The fourth-order valence-corrected chi connectivity index (χ4v) is 2.28. The monoisotopic (exact) mass is 256 g/mol. The third kappa shape index (κ3) is 4.43. The molecule has 0 radical (unpaired) electrons. The van der Waals surface area contributed by atoms with E-state index in [0.29, 0.717) is 4.88 Å². The molecule has 6 heteroatoms. The number of nitrogens with two attached hydrogens (primary N) is 1. The highest BCUT2D eigenvalue weighted by molar-refractivity contribution is 7.12. The number of nitrogens with zero attached hydrogens (tertiary/aromatic N) is 2. The van der Waals surface area contributed by atoms with E-state index >= 15 is 0 Å². The lowest BCUT2D eigenvalue weighted by atomic mass is 10.2. The van der Waals surface area contributed by atoms with Crippen LogP contribution in [-0.4, -0.2) is 49.9 Å². The Bertz CT molecular complexity index is 364. The maximum atomic E-state index is 11.5. The maximum Gasteiger partial charge on any atom is 0.275 e. The second kappa shape index (κ2) is 6.70. The van der Waals surface area contributed by atoms with Crippen molar-refractivity contribution in [1.82, 2.24) is 15.2 Å². The first-order valence-corrected chi connectivity index (χ1v) is 6.33. The van der Waals surface area contributed by atoms with Gasteiger partial charge in [0.05, 0.1) is 4.88 Å². The number of thiophene rings is 1. The number of carbonyl (C=O) groups is 1. The van der Waals surface area contributed by atoms with Crippen molar-refractivity contribution in [3.63, 3.8) is 0 Å². The highest BCUT2D eigenvalue weighted by Crippen LogP contribution is 2.17. The molecule has 0 bridgehead atoms. The van der Waals surface area contributed by atoms with Gasteiger partial charge in [0, 0.05) is 19.6 Å². The Kier molecular flexibility index (Phi) is 5.57. The minimum atomic E-state index is -0.212. The SMILES string of the molecule is CN(C)CCN(C)Cc1ccsc1C(=O)NN. The van der Waals surface area contributed by atoms with Gasteiger partial charge >= 0.3 is 0 Å². The highest BCUT2D eigenvalue weighted by Gasteiger charge is 2.13. The predicted octanol–water partition coefficient (Wildman–Crippen LogP) is 0.345. The van der Waals surface area contributed by atoms with Crippen LogP contribution in [-0.2, 0) is 6.54 Å². The standard InChI is InChI=1S/C11H20N4OS/c1-14(2)5-6-15(3)8-9-4-7-17-10(9)11(16)13-12/h4,7H,5-6,8,12H2,1-3H3,(H,13,16). The number of carbonyl (C=O) groups excluding carboxylic acids is 1. The molecular weight excluding hydrogens is 236 g/mol. The topological polar surface area (TPSA) is 61.6 Å². The largest absolute Gasteiger partial charge is 0.308 e. The Balaban J connectivity index is 2.56. The van der Waals surface area contributed by atoms with Gasteiger partial charge in [-0.25, -0.2) is 5.84 Å². The summed E-state index contributed by atoms with van der Waals surface area (Å²) in [5, 5.41) is 1.92. The van der Waals surface area contributed by atoms with Gasteiger partial charge in [-0.3, -0.25) is 10.2 Å². The summed E-state index contributed by atoms with van der Waals surface area (Å²) < 4.78 is 0. The molecule has 1 aromatic heterocycles. The van der Waals surface area contributed by atoms with Crippen LogP contribution in [0.2, 0.25) is 0 Å². The first kappa shape index (κ1) is 14.1. The normalized spacial score (nSPS) is 11.2. The molecule has 0 aromatic carbocycles. The van der Waals surface area contributed by atoms with Crippen LogP contribution < -0.4 is 11.3 Å². The molecule has 0 aliphatic carbocycles. The molecule has 1 heterocycles. The van der Waals surface area contributed by atoms with Crippen LogP contribution in [0.4, 0.5) is 0 Å². The molecule has 1 rings (SSSR count). The van der Waals surface area contributed by atoms with Gasteiger partial charge in [-0.2, -0.15) is 0 Å². The van der Waals surface area contributed by atoms with Crippen molar-refractivity contribution in [2.24, 2.45) is 5.84 Å². The van der Waals surface area contributed by atoms with Gasteiger partial charge in [0.2, 0.25) is 0 Å². The summed E-state index contributed by atoms with van der Waals surface area (Å²) >= 11 is 1.42. The predicted molar refractivity (Wildman–Crippen MR) is 70.9 cm³/mol. The Morgan fingerprint density at radius 1 is 1.41 bits per heavy atom. The van der Waals surface area contributed by atoms with E-state index in [4.69, 9.17) is 5.84 Å². The van der Waals surface area contributed by atoms with Crippen LogP contribution in [0.1, 0.15) is 15.2 Å². The van der Waals surface area contributed by atoms with Gasteiger partial charge in [0.15, 0.2) is 0 Å². The number of likely N-dealkylation sites (N-methyl/N-ethyl adjacent to an activating group) is 2. The smallest absolute Gasteiger partial charge is 0.275 e. The van der Waals surface area contributed by atoms with Crippen molar-refractivity contribution in [2.45, 2.75) is 6.54 Å². The summed E-state index contributed by atoms with van der Waals surface area (Å²) in [4.78, 5) is 16.5. The van der Waals surface area contributed by atoms with Crippen LogP contribution in [0.15, 0.2) is 11.4 Å². The highest BCUT2D eigenvalue weighted by atomic mass is 32.1. The van der Waals surface area contributed by atoms with Crippen molar-refractivity contribution in [3.05, 3.63) is 21.9 Å². The lowest BCUT2D eigenvalue weighted by Gasteiger charge is -2.19. The zero-order valence-electron chi connectivity index (χ0n) is 10.6. The Hall–Kier alpha value is -0.950. The quantitative estimate of drug-likeness (QED) is 0.438. The van der Waals surface area contributed by atoms with Crippen molar-refractivity contribution >= 4 is 17.2 Å². The number of nitrogens with one attached hydrogen (secondary N) is 1. The fraction of sp³-hybridized carbons (Fsp3) is 0.545. The summed E-state index contributed by atoms with van der Waals surface area (Å²) in [5.41, 5.74) is 3.20. The van der Waals surface area contributed by atoms with Crippen molar-refractivity contribution in [3.8, 4) is 0 Å². The van der Waals surface area contributed by atoms with E-state index < -0.39 is 0 Å². The first-order chi connectivity index (χ1) is 8.04. The molecule has 1 amide bonds. The lowest BCUT2D eigenvalue weighted by molar-refractivity contribution is 0.0956. The van der Waals surface area contributed by atoms with Crippen LogP contribution in [0.25, 0.3) is 0 Å². The summed E-state index contributed by atoms with van der Waals surface area (Å²) in [6, 6.07) is 1.97. The third-order valence-corrected chi connectivity index (χ3v) is 3.41. The van der Waals surface area contributed by atoms with Gasteiger partial charge in [0.25, 0.3) is 5.91 Å². The van der Waals surface area contributed by atoms with Gasteiger partial charge < -0.3 is 9.80 Å². The number of amides is 1. The zero-order valence-corrected chi connectivity index (χ0v) is 11.4. The first-order valence-electron chi connectivity index (χ1n) is 5.45. The molecule has 0 saturated carbocycles. The number of hydrogen-bond donors (Lipinski definition) is 2. The zero-order chi connectivity index (χ0) is 12.8. The third-order valence-electron chi connectivity index (χ3n) is 2.45. The van der Waals surface area contributed by atoms with E-state index in [1.165, 1.54) is 11.3 Å². The van der Waals surface area contributed by atoms with Crippen molar-refractivity contribution in [2.75, 3.05) is 34.2 Å². The van der Waals surface area contributed by atoms with E-state index in [1.54, 1.807) is 0 Å². The van der Waals surface area contributed by atoms with E-state index in [2.05, 4.69) is 15.2 Å². The summed E-state index contributed by atoms with van der Waals surface area (Å²) in [6.07, 6.45) is 0. The molecule has 5 nitrogen and oxygen atoms in total. The van der Waals surface area contributed by atoms with Gasteiger partial charge in [-0.05, 0) is 38.2 Å². The molecule has 0 atom stereocenters. The van der Waals surface area contributed by atoms with Gasteiger partial charge in [0.1, 0.15) is 0 Å². The molecule has 0 spiro atoms. The molecule has 96 valence electrons. The summed E-state index contributed by atoms with van der Waals surface area (Å²) in [7, 11) is 6.14. The van der Waals surface area contributed by atoms with Crippen molar-refractivity contribution < 1.29 is 4.79 Å². The van der Waals surface area contributed by atoms with Crippen LogP contribution in [0.5, 0.6) is 0 Å². The molecule has 1 aromatic rings. The number of hydrogen-bond acceptors (Lipinski definition) is 5. The van der Waals surface area contributed by atoms with Gasteiger partial charge in [-0.15, -0.1) is 11.3 Å². The van der Waals surface area contributed by atoms with E-state index in [9.17, 15) is 4.79 Å². The van der Waals surface area contributed by atoms with Crippen LogP contribution in [0.3, 0.4) is 0 Å². The maximum absolute atomic E-state index is 11.5. The number of nitrogen functional groups attached to an aromatic ring is 1. The minimum Gasteiger partial charge on any atom is -0.308 e. The van der Waals surface area contributed by atoms with Crippen molar-refractivity contribution in [1.29, 1.82) is 0 Å². The average Bonchev–Trinajstić information content (AvgIpc) is 2.73. The molecular formula is C11H20N4OS. The second-order valence-corrected chi connectivity index (χ2v) is 5.21. The number of rotatable bonds is 6. The Morgan fingerprint density at radius 2 is 2.12 bits per heavy atom. The molecule has 0 aliphatic rings. The van der Waals surface area contributed by atoms with Gasteiger partial charge in [-0.1, -0.05) is 0 Å². The average molecular weight is 256 g/mol. The Labute approximate surface area is 106 Å². The molecule has 17 heavy (non-hydrogen) atoms.